The van der Waals surface area contributed by atoms with Crippen LogP contribution in [0.4, 0.5) is 11.5 Å². The maximum Gasteiger partial charge on any atom is 0.390 e. The number of rotatable bonds is 4. The smallest absolute Gasteiger partial charge is 0.358 e. The largest absolute Gasteiger partial charge is 0.390 e. The summed E-state index contributed by atoms with van der Waals surface area (Å²) in [4.78, 5) is 22.0. The first-order chi connectivity index (χ1) is 9.86. The number of nitrogens with one attached hydrogen (secondary N) is 1. The fourth-order valence-corrected chi connectivity index (χ4v) is 1.97. The zero-order valence-electron chi connectivity index (χ0n) is 11.5. The second-order valence-corrected chi connectivity index (χ2v) is 5.00. The van der Waals surface area contributed by atoms with Gasteiger partial charge in [0.1, 0.15) is 6.54 Å². The van der Waals surface area contributed by atoms with E-state index in [-0.39, 0.29) is 18.3 Å². The van der Waals surface area contributed by atoms with Gasteiger partial charge in [-0.2, -0.15) is 4.68 Å². The number of carbonyl (C=O) groups excluding carboxylic acids is 1. The van der Waals surface area contributed by atoms with Gasteiger partial charge in [-0.05, 0) is 36.5 Å². The van der Waals surface area contributed by atoms with Crippen LogP contribution in [0, 0.1) is 24.0 Å². The van der Waals surface area contributed by atoms with Gasteiger partial charge in [0.25, 0.3) is 0 Å². The van der Waals surface area contributed by atoms with Gasteiger partial charge in [0.2, 0.25) is 5.91 Å². The van der Waals surface area contributed by atoms with Gasteiger partial charge in [0, 0.05) is 10.7 Å². The second kappa shape index (κ2) is 5.92. The summed E-state index contributed by atoms with van der Waals surface area (Å²) in [6, 6.07) is 6.49. The lowest BCUT2D eigenvalue weighted by molar-refractivity contribution is -0.389. The van der Waals surface area contributed by atoms with E-state index in [0.717, 1.165) is 5.56 Å². The number of anilines is 1. The Balaban J connectivity index is 2.11. The van der Waals surface area contributed by atoms with Crippen LogP contribution in [0.1, 0.15) is 11.3 Å². The molecule has 0 bridgehead atoms. The molecule has 0 radical (unpaired) electrons. The minimum Gasteiger partial charge on any atom is -0.358 e. The molecule has 8 heteroatoms. The van der Waals surface area contributed by atoms with E-state index >= 15 is 0 Å². The van der Waals surface area contributed by atoms with Gasteiger partial charge in [-0.1, -0.05) is 17.7 Å². The first kappa shape index (κ1) is 15.0. The van der Waals surface area contributed by atoms with Crippen molar-refractivity contribution in [1.29, 1.82) is 0 Å². The minimum absolute atomic E-state index is 0.106. The highest BCUT2D eigenvalue weighted by atomic mass is 35.5. The van der Waals surface area contributed by atoms with Crippen molar-refractivity contribution in [3.05, 3.63) is 50.7 Å². The molecule has 1 aromatic carbocycles. The Morgan fingerprint density at radius 1 is 1.43 bits per heavy atom. The van der Waals surface area contributed by atoms with Crippen molar-refractivity contribution in [2.45, 2.75) is 20.4 Å². The number of benzene rings is 1. The van der Waals surface area contributed by atoms with Crippen LogP contribution in [0.15, 0.2) is 24.3 Å². The molecule has 21 heavy (non-hydrogen) atoms. The van der Waals surface area contributed by atoms with Crippen molar-refractivity contribution in [1.82, 2.24) is 9.78 Å². The molecule has 0 unspecified atom stereocenters. The van der Waals surface area contributed by atoms with Crippen LogP contribution in [-0.4, -0.2) is 20.6 Å². The summed E-state index contributed by atoms with van der Waals surface area (Å²) >= 11 is 5.88. The van der Waals surface area contributed by atoms with E-state index in [1.165, 1.54) is 10.7 Å². The van der Waals surface area contributed by atoms with E-state index in [2.05, 4.69) is 10.4 Å². The highest BCUT2D eigenvalue weighted by Crippen LogP contribution is 2.20. The van der Waals surface area contributed by atoms with E-state index < -0.39 is 4.92 Å². The molecule has 0 aliphatic rings. The summed E-state index contributed by atoms with van der Waals surface area (Å²) in [5.41, 5.74) is 2.02. The topological polar surface area (TPSA) is 90.1 Å². The van der Waals surface area contributed by atoms with Crippen molar-refractivity contribution in [3.8, 4) is 0 Å². The number of halogens is 1. The highest BCUT2D eigenvalue weighted by Gasteiger charge is 2.17. The van der Waals surface area contributed by atoms with Crippen LogP contribution in [0.5, 0.6) is 0 Å². The average Bonchev–Trinajstić information content (AvgIpc) is 2.75. The highest BCUT2D eigenvalue weighted by molar-refractivity contribution is 6.31. The molecule has 0 spiro atoms. The fraction of sp³-hybridized carbons (Fsp3) is 0.231. The molecule has 0 atom stereocenters. The Morgan fingerprint density at radius 2 is 2.14 bits per heavy atom. The van der Waals surface area contributed by atoms with Gasteiger partial charge in [0.15, 0.2) is 0 Å². The SMILES string of the molecule is Cc1ccc(Cl)cc1NC(=O)Cn1nc([N+](=O)[O-])cc1C. The van der Waals surface area contributed by atoms with Gasteiger partial charge >= 0.3 is 5.82 Å². The molecule has 0 fully saturated rings. The van der Waals surface area contributed by atoms with Crippen LogP contribution in [0.3, 0.4) is 0 Å². The summed E-state index contributed by atoms with van der Waals surface area (Å²) in [6.07, 6.45) is 0. The van der Waals surface area contributed by atoms with Crippen molar-refractivity contribution >= 4 is 29.0 Å². The number of hydrogen-bond donors (Lipinski definition) is 1. The fourth-order valence-electron chi connectivity index (χ4n) is 1.80. The third-order valence-electron chi connectivity index (χ3n) is 2.92. The molecule has 0 aliphatic heterocycles. The quantitative estimate of drug-likeness (QED) is 0.694. The van der Waals surface area contributed by atoms with Crippen LogP contribution in [-0.2, 0) is 11.3 Å². The monoisotopic (exact) mass is 308 g/mol. The van der Waals surface area contributed by atoms with Crippen molar-refractivity contribution in [2.24, 2.45) is 0 Å². The number of amides is 1. The molecule has 1 heterocycles. The molecule has 0 aliphatic carbocycles. The number of hydrogen-bond acceptors (Lipinski definition) is 4. The normalized spacial score (nSPS) is 10.4. The maximum atomic E-state index is 12.0. The summed E-state index contributed by atoms with van der Waals surface area (Å²) < 4.78 is 1.29. The maximum absolute atomic E-state index is 12.0. The minimum atomic E-state index is -0.595. The molecule has 0 saturated heterocycles. The number of aryl methyl sites for hydroxylation is 2. The molecule has 1 N–H and O–H groups in total. The van der Waals surface area contributed by atoms with Gasteiger partial charge in [-0.3, -0.25) is 4.79 Å². The predicted molar refractivity (Wildman–Crippen MR) is 78.4 cm³/mol. The van der Waals surface area contributed by atoms with Crippen LogP contribution in [0.2, 0.25) is 5.02 Å². The summed E-state index contributed by atoms with van der Waals surface area (Å²) in [7, 11) is 0. The van der Waals surface area contributed by atoms with Gasteiger partial charge < -0.3 is 15.4 Å². The predicted octanol–water partition coefficient (Wildman–Crippen LogP) is 2.70. The Kier molecular flexibility index (Phi) is 4.23. The van der Waals surface area contributed by atoms with E-state index in [4.69, 9.17) is 11.6 Å². The molecule has 2 aromatic rings. The van der Waals surface area contributed by atoms with Gasteiger partial charge in [-0.25, -0.2) is 0 Å². The summed E-state index contributed by atoms with van der Waals surface area (Å²) in [5.74, 6) is -0.610. The summed E-state index contributed by atoms with van der Waals surface area (Å²) in [5, 5.41) is 17.6. The molecule has 7 nitrogen and oxygen atoms in total. The Hall–Kier alpha value is -2.41. The van der Waals surface area contributed by atoms with Crippen molar-refractivity contribution in [2.75, 3.05) is 5.32 Å². The molecular weight excluding hydrogens is 296 g/mol. The lowest BCUT2D eigenvalue weighted by Gasteiger charge is -2.08. The number of aromatic nitrogens is 2. The molecule has 1 amide bonds. The van der Waals surface area contributed by atoms with E-state index in [1.54, 1.807) is 25.1 Å². The lowest BCUT2D eigenvalue weighted by atomic mass is 10.2. The Morgan fingerprint density at radius 3 is 2.76 bits per heavy atom. The van der Waals surface area contributed by atoms with Crippen molar-refractivity contribution < 1.29 is 9.72 Å². The first-order valence-electron chi connectivity index (χ1n) is 6.11. The third-order valence-corrected chi connectivity index (χ3v) is 3.16. The second-order valence-electron chi connectivity index (χ2n) is 4.57. The molecule has 1 aromatic heterocycles. The standard InChI is InChI=1S/C13H13ClN4O3/c1-8-3-4-10(14)6-11(8)15-13(19)7-17-9(2)5-12(16-17)18(20)21/h3-6H,7H2,1-2H3,(H,15,19). The number of carbonyl (C=O) groups is 1. The molecular formula is C13H13ClN4O3. The first-order valence-corrected chi connectivity index (χ1v) is 6.49. The molecule has 110 valence electrons. The van der Waals surface area contributed by atoms with E-state index in [1.807, 2.05) is 6.92 Å². The Bertz CT molecular complexity index is 711. The van der Waals surface area contributed by atoms with E-state index in [0.29, 0.717) is 16.4 Å². The number of nitro groups is 1. The van der Waals surface area contributed by atoms with E-state index in [9.17, 15) is 14.9 Å². The van der Waals surface area contributed by atoms with Crippen LogP contribution < -0.4 is 5.32 Å². The Labute approximate surface area is 125 Å². The lowest BCUT2D eigenvalue weighted by Crippen LogP contribution is -2.20. The molecule has 0 saturated carbocycles. The zero-order valence-corrected chi connectivity index (χ0v) is 12.2. The van der Waals surface area contributed by atoms with Crippen LogP contribution in [0.25, 0.3) is 0 Å². The average molecular weight is 309 g/mol. The van der Waals surface area contributed by atoms with Crippen molar-refractivity contribution in [3.63, 3.8) is 0 Å². The van der Waals surface area contributed by atoms with Crippen LogP contribution >= 0.6 is 11.6 Å². The summed E-state index contributed by atoms with van der Waals surface area (Å²) in [6.45, 7) is 3.39. The zero-order chi connectivity index (χ0) is 15.6. The van der Waals surface area contributed by atoms with Gasteiger partial charge in [-0.15, -0.1) is 0 Å². The van der Waals surface area contributed by atoms with Gasteiger partial charge in [0.05, 0.1) is 16.9 Å². The number of nitrogens with zero attached hydrogens (tertiary/aromatic N) is 3. The third kappa shape index (κ3) is 3.57. The molecule has 2 rings (SSSR count).